The molecule has 6 nitrogen and oxygen atoms in total. The summed E-state index contributed by atoms with van der Waals surface area (Å²) in [4.78, 5) is 27.1. The molecule has 0 radical (unpaired) electrons. The van der Waals surface area contributed by atoms with Crippen molar-refractivity contribution >= 4 is 22.8 Å². The minimum Gasteiger partial charge on any atom is -0.338 e. The highest BCUT2D eigenvalue weighted by atomic mass is 16.1. The number of carbonyl (C=O) groups is 1. The number of piperidine rings is 1. The molecule has 0 bridgehead atoms. The van der Waals surface area contributed by atoms with Gasteiger partial charge in [0.15, 0.2) is 0 Å². The summed E-state index contributed by atoms with van der Waals surface area (Å²) in [5, 5.41) is 2.94. The van der Waals surface area contributed by atoms with Crippen LogP contribution in [0.2, 0.25) is 0 Å². The van der Waals surface area contributed by atoms with E-state index in [9.17, 15) is 4.79 Å². The quantitative estimate of drug-likeness (QED) is 0.654. The molecule has 3 heterocycles. The lowest BCUT2D eigenvalue weighted by atomic mass is 9.92. The van der Waals surface area contributed by atoms with E-state index in [0.717, 1.165) is 46.7 Å². The van der Waals surface area contributed by atoms with Gasteiger partial charge < -0.3 is 15.2 Å². The lowest BCUT2D eigenvalue weighted by Crippen LogP contribution is -2.30. The number of hydrogen-bond acceptors (Lipinski definition) is 4. The Hall–Kier alpha value is -2.73. The average molecular weight is 392 g/mol. The normalized spacial score (nSPS) is 15.7. The molecule has 4 rings (SSSR count). The summed E-state index contributed by atoms with van der Waals surface area (Å²) in [5.74, 6) is 2.15. The van der Waals surface area contributed by atoms with Gasteiger partial charge in [0, 0.05) is 18.2 Å². The molecule has 1 saturated heterocycles. The van der Waals surface area contributed by atoms with Gasteiger partial charge >= 0.3 is 0 Å². The van der Waals surface area contributed by atoms with E-state index < -0.39 is 0 Å². The van der Waals surface area contributed by atoms with Crippen LogP contribution in [0.1, 0.15) is 37.7 Å². The standard InChI is InChI=1S/C23H29N5O/c1-16-5-3-7-19-22(16)27-23(25-19)18-9-12-24-20(15-18)26-21(29)8-4-6-17-10-13-28(2)14-11-17/h3,5,7,9,12,15,17H,4,6,8,10-11,13-14H2,1-2H3,(H,25,27)(H,24,26,29). The van der Waals surface area contributed by atoms with Crippen molar-refractivity contribution in [2.24, 2.45) is 5.92 Å². The maximum Gasteiger partial charge on any atom is 0.225 e. The van der Waals surface area contributed by atoms with Crippen LogP contribution in [0.25, 0.3) is 22.4 Å². The molecule has 0 aliphatic carbocycles. The molecule has 0 unspecified atom stereocenters. The number of pyridine rings is 1. The molecule has 6 heteroatoms. The minimum absolute atomic E-state index is 0.0306. The Balaban J connectivity index is 1.34. The Morgan fingerprint density at radius 1 is 1.28 bits per heavy atom. The molecule has 2 aromatic heterocycles. The summed E-state index contributed by atoms with van der Waals surface area (Å²) in [5.41, 5.74) is 4.03. The zero-order valence-corrected chi connectivity index (χ0v) is 17.2. The number of imidazole rings is 1. The number of fused-ring (bicyclic) bond motifs is 1. The molecule has 29 heavy (non-hydrogen) atoms. The second kappa shape index (κ2) is 8.74. The number of likely N-dealkylation sites (tertiary alicyclic amines) is 1. The number of rotatable bonds is 6. The SMILES string of the molecule is Cc1cccc2[nH]c(-c3ccnc(NC(=O)CCCC4CCN(C)CC4)c3)nc12. The van der Waals surface area contributed by atoms with Crippen molar-refractivity contribution in [3.8, 4) is 11.4 Å². The van der Waals surface area contributed by atoms with Crippen molar-refractivity contribution in [1.29, 1.82) is 0 Å². The number of anilines is 1. The highest BCUT2D eigenvalue weighted by Crippen LogP contribution is 2.24. The largest absolute Gasteiger partial charge is 0.338 e. The van der Waals surface area contributed by atoms with Crippen molar-refractivity contribution < 1.29 is 4.79 Å². The van der Waals surface area contributed by atoms with Crippen LogP contribution in [0.3, 0.4) is 0 Å². The van der Waals surface area contributed by atoms with Crippen molar-refractivity contribution in [3.05, 3.63) is 42.1 Å². The van der Waals surface area contributed by atoms with E-state index in [0.29, 0.717) is 12.2 Å². The summed E-state index contributed by atoms with van der Waals surface area (Å²) in [7, 11) is 2.18. The Bertz CT molecular complexity index is 988. The second-order valence-electron chi connectivity index (χ2n) is 8.17. The first kappa shape index (κ1) is 19.6. The first-order valence-corrected chi connectivity index (χ1v) is 10.5. The Labute approximate surface area is 171 Å². The smallest absolute Gasteiger partial charge is 0.225 e. The zero-order valence-electron chi connectivity index (χ0n) is 17.2. The lowest BCUT2D eigenvalue weighted by Gasteiger charge is -2.28. The fourth-order valence-corrected chi connectivity index (χ4v) is 4.07. The molecule has 1 amide bonds. The molecule has 0 atom stereocenters. The number of nitrogens with zero attached hydrogens (tertiary/aromatic N) is 3. The zero-order chi connectivity index (χ0) is 20.2. The molecule has 2 N–H and O–H groups in total. The van der Waals surface area contributed by atoms with Crippen LogP contribution in [-0.4, -0.2) is 45.9 Å². The van der Waals surface area contributed by atoms with Gasteiger partial charge in [0.25, 0.3) is 0 Å². The number of aryl methyl sites for hydroxylation is 1. The van der Waals surface area contributed by atoms with E-state index in [1.54, 1.807) is 6.20 Å². The van der Waals surface area contributed by atoms with Gasteiger partial charge in [-0.15, -0.1) is 0 Å². The molecule has 0 saturated carbocycles. The third-order valence-corrected chi connectivity index (χ3v) is 5.87. The summed E-state index contributed by atoms with van der Waals surface area (Å²) in [6, 6.07) is 9.87. The summed E-state index contributed by atoms with van der Waals surface area (Å²) in [6.07, 6.45) is 6.82. The maximum absolute atomic E-state index is 12.4. The fourth-order valence-electron chi connectivity index (χ4n) is 4.07. The molecule has 1 aliphatic rings. The van der Waals surface area contributed by atoms with Gasteiger partial charge in [0.05, 0.1) is 11.0 Å². The van der Waals surface area contributed by atoms with E-state index in [2.05, 4.69) is 40.2 Å². The van der Waals surface area contributed by atoms with Crippen LogP contribution in [0, 0.1) is 12.8 Å². The predicted molar refractivity (Wildman–Crippen MR) is 117 cm³/mol. The number of amides is 1. The summed E-state index contributed by atoms with van der Waals surface area (Å²) >= 11 is 0. The van der Waals surface area contributed by atoms with Gasteiger partial charge in [-0.05, 0) is 82.4 Å². The van der Waals surface area contributed by atoms with Crippen molar-refractivity contribution in [3.63, 3.8) is 0 Å². The monoisotopic (exact) mass is 391 g/mol. The minimum atomic E-state index is 0.0306. The molecule has 0 spiro atoms. The topological polar surface area (TPSA) is 73.9 Å². The number of hydrogen-bond donors (Lipinski definition) is 2. The van der Waals surface area contributed by atoms with Crippen LogP contribution >= 0.6 is 0 Å². The summed E-state index contributed by atoms with van der Waals surface area (Å²) in [6.45, 7) is 4.40. The molecular formula is C23H29N5O. The Morgan fingerprint density at radius 3 is 2.90 bits per heavy atom. The molecule has 1 aliphatic heterocycles. The predicted octanol–water partition coefficient (Wildman–Crippen LogP) is 4.38. The lowest BCUT2D eigenvalue weighted by molar-refractivity contribution is -0.116. The molecular weight excluding hydrogens is 362 g/mol. The van der Waals surface area contributed by atoms with Crippen LogP contribution in [0.5, 0.6) is 0 Å². The highest BCUT2D eigenvalue weighted by Gasteiger charge is 2.17. The third kappa shape index (κ3) is 4.82. The van der Waals surface area contributed by atoms with Crippen LogP contribution in [0.15, 0.2) is 36.5 Å². The van der Waals surface area contributed by atoms with E-state index in [-0.39, 0.29) is 5.91 Å². The van der Waals surface area contributed by atoms with Crippen molar-refractivity contribution in [1.82, 2.24) is 19.9 Å². The number of aromatic amines is 1. The molecule has 1 aromatic carbocycles. The van der Waals surface area contributed by atoms with Crippen LogP contribution in [-0.2, 0) is 4.79 Å². The Morgan fingerprint density at radius 2 is 2.10 bits per heavy atom. The third-order valence-electron chi connectivity index (χ3n) is 5.87. The first-order valence-electron chi connectivity index (χ1n) is 10.5. The fraction of sp³-hybridized carbons (Fsp3) is 0.435. The van der Waals surface area contributed by atoms with Crippen LogP contribution in [0.4, 0.5) is 5.82 Å². The summed E-state index contributed by atoms with van der Waals surface area (Å²) < 4.78 is 0. The second-order valence-corrected chi connectivity index (χ2v) is 8.17. The highest BCUT2D eigenvalue weighted by molar-refractivity contribution is 5.90. The number of para-hydroxylation sites is 1. The van der Waals surface area contributed by atoms with E-state index in [1.807, 2.05) is 24.3 Å². The number of nitrogens with one attached hydrogen (secondary N) is 2. The maximum atomic E-state index is 12.4. The van der Waals surface area contributed by atoms with Crippen molar-refractivity contribution in [2.45, 2.75) is 39.0 Å². The van der Waals surface area contributed by atoms with E-state index in [1.165, 1.54) is 25.9 Å². The van der Waals surface area contributed by atoms with Gasteiger partial charge in [0.2, 0.25) is 5.91 Å². The van der Waals surface area contributed by atoms with E-state index in [4.69, 9.17) is 4.98 Å². The molecule has 152 valence electrons. The number of H-pyrrole nitrogens is 1. The first-order chi connectivity index (χ1) is 14.1. The van der Waals surface area contributed by atoms with Gasteiger partial charge in [-0.25, -0.2) is 9.97 Å². The Kier molecular flexibility index (Phi) is 5.90. The molecule has 1 fully saturated rings. The molecule has 3 aromatic rings. The van der Waals surface area contributed by atoms with Gasteiger partial charge in [-0.3, -0.25) is 4.79 Å². The average Bonchev–Trinajstić information content (AvgIpc) is 3.16. The van der Waals surface area contributed by atoms with Gasteiger partial charge in [0.1, 0.15) is 11.6 Å². The van der Waals surface area contributed by atoms with E-state index >= 15 is 0 Å². The number of carbonyl (C=O) groups excluding carboxylic acids is 1. The number of benzene rings is 1. The van der Waals surface area contributed by atoms with Gasteiger partial charge in [-0.1, -0.05) is 12.1 Å². The number of aromatic nitrogens is 3. The van der Waals surface area contributed by atoms with Crippen molar-refractivity contribution in [2.75, 3.05) is 25.5 Å². The van der Waals surface area contributed by atoms with Crippen LogP contribution < -0.4 is 5.32 Å². The van der Waals surface area contributed by atoms with Gasteiger partial charge in [-0.2, -0.15) is 0 Å².